The second-order valence-electron chi connectivity index (χ2n) is 5.47. The van der Waals surface area contributed by atoms with Crippen LogP contribution in [0, 0.1) is 19.8 Å². The molecule has 0 bridgehead atoms. The molecule has 1 fully saturated rings. The van der Waals surface area contributed by atoms with Crippen LogP contribution in [0.5, 0.6) is 0 Å². The number of carboxylic acid groups (broad SMARTS) is 1. The Bertz CT molecular complexity index is 507. The van der Waals surface area contributed by atoms with Gasteiger partial charge in [0.25, 0.3) is 0 Å². The lowest BCUT2D eigenvalue weighted by atomic mass is 9.84. The molecule has 1 heterocycles. The Morgan fingerprint density at radius 1 is 1.33 bits per heavy atom. The van der Waals surface area contributed by atoms with Gasteiger partial charge in [-0.3, -0.25) is 4.79 Å². The smallest absolute Gasteiger partial charge is 0.315 e. The van der Waals surface area contributed by atoms with E-state index in [1.54, 1.807) is 6.92 Å². The number of amides is 2. The van der Waals surface area contributed by atoms with Gasteiger partial charge >= 0.3 is 12.0 Å². The third kappa shape index (κ3) is 3.74. The molecule has 7 nitrogen and oxygen atoms in total. The van der Waals surface area contributed by atoms with Crippen LogP contribution in [0.15, 0.2) is 4.52 Å². The lowest BCUT2D eigenvalue weighted by Crippen LogP contribution is -2.48. The monoisotopic (exact) mass is 295 g/mol. The van der Waals surface area contributed by atoms with Crippen LogP contribution in [0.2, 0.25) is 0 Å². The zero-order valence-electron chi connectivity index (χ0n) is 12.3. The highest BCUT2D eigenvalue weighted by Crippen LogP contribution is 2.24. The number of carbonyl (C=O) groups is 2. The van der Waals surface area contributed by atoms with Crippen molar-refractivity contribution in [2.45, 2.75) is 52.1 Å². The third-order valence-corrected chi connectivity index (χ3v) is 4.01. The first kappa shape index (κ1) is 15.3. The fraction of sp³-hybridized carbons (Fsp3) is 0.643. The van der Waals surface area contributed by atoms with Gasteiger partial charge in [0.15, 0.2) is 0 Å². The summed E-state index contributed by atoms with van der Waals surface area (Å²) in [4.78, 5) is 23.1. The summed E-state index contributed by atoms with van der Waals surface area (Å²) in [5.74, 6) is -0.664. The highest BCUT2D eigenvalue weighted by molar-refractivity contribution is 5.76. The van der Waals surface area contributed by atoms with Gasteiger partial charge in [-0.25, -0.2) is 4.79 Å². The fourth-order valence-electron chi connectivity index (χ4n) is 2.74. The summed E-state index contributed by atoms with van der Waals surface area (Å²) in [6.45, 7) is 3.92. The van der Waals surface area contributed by atoms with Crippen LogP contribution in [0.25, 0.3) is 0 Å². The Morgan fingerprint density at radius 2 is 2.05 bits per heavy atom. The van der Waals surface area contributed by atoms with Gasteiger partial charge < -0.3 is 20.3 Å². The Balaban J connectivity index is 1.87. The zero-order chi connectivity index (χ0) is 15.4. The summed E-state index contributed by atoms with van der Waals surface area (Å²) in [5.41, 5.74) is 1.59. The van der Waals surface area contributed by atoms with E-state index in [9.17, 15) is 14.7 Å². The number of hydrogen-bond donors (Lipinski definition) is 3. The van der Waals surface area contributed by atoms with Crippen LogP contribution in [0.1, 0.15) is 42.7 Å². The Kier molecular flexibility index (Phi) is 4.82. The van der Waals surface area contributed by atoms with Crippen molar-refractivity contribution in [1.82, 2.24) is 15.8 Å². The predicted octanol–water partition coefficient (Wildman–Crippen LogP) is 1.73. The number of urea groups is 1. The molecule has 2 unspecified atom stereocenters. The number of hydrogen-bond acceptors (Lipinski definition) is 4. The average molecular weight is 295 g/mol. The topological polar surface area (TPSA) is 104 Å². The molecule has 0 spiro atoms. The van der Waals surface area contributed by atoms with E-state index in [0.29, 0.717) is 25.1 Å². The van der Waals surface area contributed by atoms with Crippen molar-refractivity contribution in [3.8, 4) is 0 Å². The lowest BCUT2D eigenvalue weighted by Gasteiger charge is -2.29. The minimum Gasteiger partial charge on any atom is -0.481 e. The van der Waals surface area contributed by atoms with Crippen molar-refractivity contribution < 1.29 is 19.2 Å². The molecule has 1 saturated carbocycles. The van der Waals surface area contributed by atoms with Crippen molar-refractivity contribution in [3.05, 3.63) is 17.0 Å². The Hall–Kier alpha value is -2.05. The highest BCUT2D eigenvalue weighted by atomic mass is 16.5. The summed E-state index contributed by atoms with van der Waals surface area (Å²) < 4.78 is 5.03. The fourth-order valence-corrected chi connectivity index (χ4v) is 2.74. The normalized spacial score (nSPS) is 21.8. The first-order valence-corrected chi connectivity index (χ1v) is 7.18. The van der Waals surface area contributed by atoms with E-state index in [0.717, 1.165) is 24.1 Å². The largest absolute Gasteiger partial charge is 0.481 e. The maximum atomic E-state index is 11.9. The molecule has 3 N–H and O–H groups in total. The van der Waals surface area contributed by atoms with Gasteiger partial charge in [-0.15, -0.1) is 0 Å². The van der Waals surface area contributed by atoms with Crippen LogP contribution < -0.4 is 10.6 Å². The average Bonchev–Trinajstić information content (AvgIpc) is 2.76. The van der Waals surface area contributed by atoms with Gasteiger partial charge in [0.05, 0.1) is 11.6 Å². The molecular formula is C14H21N3O4. The number of aromatic nitrogens is 1. The highest BCUT2D eigenvalue weighted by Gasteiger charge is 2.31. The number of carboxylic acids is 1. The molecule has 7 heteroatoms. The molecule has 1 aromatic rings. The van der Waals surface area contributed by atoms with E-state index in [4.69, 9.17) is 4.52 Å². The second-order valence-corrected chi connectivity index (χ2v) is 5.47. The van der Waals surface area contributed by atoms with E-state index in [1.165, 1.54) is 0 Å². The minimum atomic E-state index is -0.842. The molecule has 2 atom stereocenters. The van der Waals surface area contributed by atoms with Crippen molar-refractivity contribution in [3.63, 3.8) is 0 Å². The molecule has 1 aromatic heterocycles. The second kappa shape index (κ2) is 6.60. The lowest BCUT2D eigenvalue weighted by molar-refractivity contribution is -0.143. The van der Waals surface area contributed by atoms with Crippen LogP contribution in [-0.2, 0) is 11.3 Å². The van der Waals surface area contributed by atoms with E-state index in [-0.39, 0.29) is 12.1 Å². The molecule has 0 radical (unpaired) electrons. The maximum Gasteiger partial charge on any atom is 0.315 e. The van der Waals surface area contributed by atoms with Crippen molar-refractivity contribution in [2.75, 3.05) is 0 Å². The van der Waals surface area contributed by atoms with Crippen molar-refractivity contribution in [1.29, 1.82) is 0 Å². The molecule has 0 aromatic carbocycles. The predicted molar refractivity (Wildman–Crippen MR) is 74.7 cm³/mol. The van der Waals surface area contributed by atoms with Crippen LogP contribution in [-0.4, -0.2) is 28.3 Å². The summed E-state index contributed by atoms with van der Waals surface area (Å²) >= 11 is 0. The quantitative estimate of drug-likeness (QED) is 0.784. The molecule has 2 amide bonds. The number of aryl methyl sites for hydroxylation is 2. The van der Waals surface area contributed by atoms with Gasteiger partial charge in [-0.05, 0) is 26.7 Å². The SMILES string of the molecule is Cc1noc(C)c1CNC(=O)NC1CCCCC1C(=O)O. The van der Waals surface area contributed by atoms with Crippen LogP contribution >= 0.6 is 0 Å². The van der Waals surface area contributed by atoms with Gasteiger partial charge in [0.1, 0.15) is 5.76 Å². The minimum absolute atomic E-state index is 0.305. The summed E-state index contributed by atoms with van der Waals surface area (Å²) in [6, 6.07) is -0.658. The first-order valence-electron chi connectivity index (χ1n) is 7.18. The van der Waals surface area contributed by atoms with E-state index in [1.807, 2.05) is 6.92 Å². The molecule has 21 heavy (non-hydrogen) atoms. The summed E-state index contributed by atoms with van der Waals surface area (Å²) in [7, 11) is 0. The number of nitrogens with one attached hydrogen (secondary N) is 2. The maximum absolute atomic E-state index is 11.9. The molecular weight excluding hydrogens is 274 g/mol. The Labute approximate surface area is 123 Å². The standard InChI is InChI=1S/C14H21N3O4/c1-8-11(9(2)21-17-8)7-15-14(20)16-12-6-4-3-5-10(12)13(18)19/h10,12H,3-7H2,1-2H3,(H,18,19)(H2,15,16,20). The van der Waals surface area contributed by atoms with Gasteiger partial charge in [-0.2, -0.15) is 0 Å². The molecule has 0 aliphatic heterocycles. The van der Waals surface area contributed by atoms with E-state index in [2.05, 4.69) is 15.8 Å². The van der Waals surface area contributed by atoms with Crippen molar-refractivity contribution >= 4 is 12.0 Å². The number of nitrogens with zero attached hydrogens (tertiary/aromatic N) is 1. The van der Waals surface area contributed by atoms with E-state index < -0.39 is 11.9 Å². The first-order chi connectivity index (χ1) is 9.99. The molecule has 0 saturated heterocycles. The molecule has 2 rings (SSSR count). The zero-order valence-corrected chi connectivity index (χ0v) is 12.3. The van der Waals surface area contributed by atoms with Gasteiger partial charge in [0.2, 0.25) is 0 Å². The van der Waals surface area contributed by atoms with Crippen LogP contribution in [0.4, 0.5) is 4.79 Å². The van der Waals surface area contributed by atoms with Gasteiger partial charge in [0, 0.05) is 18.2 Å². The van der Waals surface area contributed by atoms with Crippen LogP contribution in [0.3, 0.4) is 0 Å². The number of aliphatic carboxylic acids is 1. The van der Waals surface area contributed by atoms with Gasteiger partial charge in [-0.1, -0.05) is 18.0 Å². The molecule has 1 aliphatic rings. The molecule has 116 valence electrons. The van der Waals surface area contributed by atoms with E-state index >= 15 is 0 Å². The number of carbonyl (C=O) groups excluding carboxylic acids is 1. The summed E-state index contributed by atoms with van der Waals surface area (Å²) in [6.07, 6.45) is 3.16. The number of rotatable bonds is 4. The third-order valence-electron chi connectivity index (χ3n) is 4.01. The summed E-state index contributed by atoms with van der Waals surface area (Å²) in [5, 5.41) is 18.5. The molecule has 1 aliphatic carbocycles. The van der Waals surface area contributed by atoms with Crippen molar-refractivity contribution in [2.24, 2.45) is 5.92 Å². The Morgan fingerprint density at radius 3 is 2.67 bits per heavy atom.